The van der Waals surface area contributed by atoms with Crippen molar-refractivity contribution in [2.24, 2.45) is 5.92 Å². The number of hydrogen-bond donors (Lipinski definition) is 2. The van der Waals surface area contributed by atoms with Gasteiger partial charge in [-0.1, -0.05) is 26.0 Å². The van der Waals surface area contributed by atoms with E-state index in [1.54, 1.807) is 24.3 Å². The number of rotatable bonds is 6. The van der Waals surface area contributed by atoms with Crippen molar-refractivity contribution >= 4 is 5.91 Å². The van der Waals surface area contributed by atoms with E-state index in [0.717, 1.165) is 0 Å². The molecule has 1 unspecified atom stereocenters. The summed E-state index contributed by atoms with van der Waals surface area (Å²) in [6.07, 6.45) is -0.693. The molecule has 1 atom stereocenters. The number of nitriles is 1. The topological polar surface area (TPSA) is 82.3 Å². The van der Waals surface area contributed by atoms with Crippen LogP contribution in [0, 0.1) is 17.2 Å². The Labute approximate surface area is 112 Å². The van der Waals surface area contributed by atoms with E-state index in [9.17, 15) is 4.79 Å². The Morgan fingerprint density at radius 1 is 1.47 bits per heavy atom. The van der Waals surface area contributed by atoms with Crippen LogP contribution < -0.4 is 10.1 Å². The van der Waals surface area contributed by atoms with Gasteiger partial charge in [0.1, 0.15) is 11.8 Å². The molecular formula is C14H18N2O3. The maximum absolute atomic E-state index is 11.9. The van der Waals surface area contributed by atoms with E-state index in [0.29, 0.717) is 11.3 Å². The quantitative estimate of drug-likeness (QED) is 0.803. The molecule has 1 amide bonds. The first-order chi connectivity index (χ1) is 9.10. The van der Waals surface area contributed by atoms with Gasteiger partial charge in [0.05, 0.1) is 12.2 Å². The Balaban J connectivity index is 2.84. The fourth-order valence-electron chi connectivity index (χ4n) is 1.57. The zero-order valence-electron chi connectivity index (χ0n) is 11.1. The molecule has 5 heteroatoms. The molecule has 5 nitrogen and oxygen atoms in total. The summed E-state index contributed by atoms with van der Waals surface area (Å²) in [5, 5.41) is 20.3. The minimum atomic E-state index is -0.693. The molecule has 1 rings (SSSR count). The monoisotopic (exact) mass is 262 g/mol. The van der Waals surface area contributed by atoms with Crippen LogP contribution in [0.25, 0.3) is 0 Å². The number of nitrogens with one attached hydrogen (secondary N) is 1. The van der Waals surface area contributed by atoms with Crippen molar-refractivity contribution in [3.8, 4) is 11.8 Å². The maximum atomic E-state index is 11.9. The second-order valence-corrected chi connectivity index (χ2v) is 4.41. The van der Waals surface area contributed by atoms with Gasteiger partial charge in [-0.3, -0.25) is 4.79 Å². The molecule has 0 spiro atoms. The van der Waals surface area contributed by atoms with Crippen molar-refractivity contribution < 1.29 is 14.6 Å². The van der Waals surface area contributed by atoms with E-state index < -0.39 is 6.10 Å². The highest BCUT2D eigenvalue weighted by Crippen LogP contribution is 2.20. The number of aliphatic hydroxyl groups excluding tert-OH is 1. The molecule has 0 aliphatic carbocycles. The van der Waals surface area contributed by atoms with Gasteiger partial charge < -0.3 is 15.2 Å². The predicted molar refractivity (Wildman–Crippen MR) is 70.5 cm³/mol. The zero-order chi connectivity index (χ0) is 14.3. The van der Waals surface area contributed by atoms with Crippen LogP contribution in [0.3, 0.4) is 0 Å². The minimum absolute atomic E-state index is 0.0505. The van der Waals surface area contributed by atoms with Gasteiger partial charge in [0.25, 0.3) is 5.91 Å². The second-order valence-electron chi connectivity index (χ2n) is 4.41. The predicted octanol–water partition coefficient (Wildman–Crippen LogP) is 1.07. The Morgan fingerprint density at radius 3 is 2.74 bits per heavy atom. The Bertz CT molecular complexity index is 466. The highest BCUT2D eigenvalue weighted by Gasteiger charge is 2.24. The molecule has 0 fully saturated rings. The summed E-state index contributed by atoms with van der Waals surface area (Å²) in [6.45, 7) is 3.78. The van der Waals surface area contributed by atoms with Crippen molar-refractivity contribution in [1.29, 1.82) is 5.26 Å². The van der Waals surface area contributed by atoms with Crippen molar-refractivity contribution in [2.45, 2.75) is 20.0 Å². The Kier molecular flexibility index (Phi) is 5.83. The fourth-order valence-corrected chi connectivity index (χ4v) is 1.57. The average Bonchev–Trinajstić information content (AvgIpc) is 2.42. The van der Waals surface area contributed by atoms with Crippen LogP contribution in [0.15, 0.2) is 24.3 Å². The van der Waals surface area contributed by atoms with Gasteiger partial charge in [-0.15, -0.1) is 0 Å². The van der Waals surface area contributed by atoms with Crippen molar-refractivity contribution in [3.63, 3.8) is 0 Å². The molecule has 0 saturated heterocycles. The number of benzene rings is 1. The van der Waals surface area contributed by atoms with Crippen LogP contribution in [-0.2, 0) is 4.79 Å². The van der Waals surface area contributed by atoms with Crippen molar-refractivity contribution in [1.82, 2.24) is 5.32 Å². The summed E-state index contributed by atoms with van der Waals surface area (Å²) in [5.41, 5.74) is 0.392. The molecule has 1 aromatic carbocycles. The lowest BCUT2D eigenvalue weighted by atomic mass is 10.1. The molecule has 1 aromatic rings. The van der Waals surface area contributed by atoms with E-state index in [-0.39, 0.29) is 25.0 Å². The lowest BCUT2D eigenvalue weighted by Crippen LogP contribution is -2.42. The number of para-hydroxylation sites is 1. The third-order valence-corrected chi connectivity index (χ3v) is 2.54. The summed E-state index contributed by atoms with van der Waals surface area (Å²) in [6, 6.07) is 8.81. The van der Waals surface area contributed by atoms with Gasteiger partial charge in [0.2, 0.25) is 0 Å². The smallest absolute Gasteiger partial charge is 0.261 e. The van der Waals surface area contributed by atoms with Crippen LogP contribution in [0.4, 0.5) is 0 Å². The highest BCUT2D eigenvalue weighted by atomic mass is 16.5. The molecule has 0 saturated carbocycles. The van der Waals surface area contributed by atoms with Crippen molar-refractivity contribution in [2.75, 3.05) is 13.2 Å². The number of hydrogen-bond acceptors (Lipinski definition) is 4. The number of amides is 1. The first-order valence-corrected chi connectivity index (χ1v) is 6.14. The fraction of sp³-hybridized carbons (Fsp3) is 0.429. The Hall–Kier alpha value is -2.06. The van der Waals surface area contributed by atoms with Crippen LogP contribution in [-0.4, -0.2) is 30.3 Å². The second kappa shape index (κ2) is 7.39. The Morgan fingerprint density at radius 2 is 2.16 bits per heavy atom. The lowest BCUT2D eigenvalue weighted by molar-refractivity contribution is -0.129. The zero-order valence-corrected chi connectivity index (χ0v) is 11.1. The molecular weight excluding hydrogens is 244 g/mol. The normalized spacial score (nSPS) is 11.7. The number of aliphatic hydroxyl groups is 1. The summed E-state index contributed by atoms with van der Waals surface area (Å²) < 4.78 is 5.64. The molecule has 0 aliphatic heterocycles. The molecule has 0 bridgehead atoms. The molecule has 2 N–H and O–H groups in total. The van der Waals surface area contributed by atoms with Gasteiger partial charge in [-0.05, 0) is 18.1 Å². The van der Waals surface area contributed by atoms with Gasteiger partial charge in [-0.25, -0.2) is 0 Å². The first-order valence-electron chi connectivity index (χ1n) is 6.14. The average molecular weight is 262 g/mol. The summed E-state index contributed by atoms with van der Waals surface area (Å²) in [7, 11) is 0. The van der Waals surface area contributed by atoms with Crippen LogP contribution in [0.2, 0.25) is 0 Å². The van der Waals surface area contributed by atoms with Gasteiger partial charge >= 0.3 is 0 Å². The van der Waals surface area contributed by atoms with E-state index in [1.807, 2.05) is 19.9 Å². The van der Waals surface area contributed by atoms with Crippen LogP contribution in [0.1, 0.15) is 19.4 Å². The number of carbonyl (C=O) groups is 1. The van der Waals surface area contributed by atoms with Crippen LogP contribution in [0.5, 0.6) is 5.75 Å². The van der Waals surface area contributed by atoms with Gasteiger partial charge in [-0.2, -0.15) is 5.26 Å². The molecule has 19 heavy (non-hydrogen) atoms. The van der Waals surface area contributed by atoms with E-state index >= 15 is 0 Å². The summed E-state index contributed by atoms with van der Waals surface area (Å²) >= 11 is 0. The lowest BCUT2D eigenvalue weighted by Gasteiger charge is -2.22. The minimum Gasteiger partial charge on any atom is -0.479 e. The standard InChI is InChI=1S/C14H18N2O3/c1-10(2)13(14(18)16-7-8-17)19-12-6-4-3-5-11(12)9-15/h3-6,10,13,17H,7-8H2,1-2H3,(H,16,18). The first kappa shape index (κ1) is 15.0. The van der Waals surface area contributed by atoms with Crippen molar-refractivity contribution in [3.05, 3.63) is 29.8 Å². The van der Waals surface area contributed by atoms with Gasteiger partial charge in [0.15, 0.2) is 6.10 Å². The third-order valence-electron chi connectivity index (χ3n) is 2.54. The molecule has 0 heterocycles. The molecule has 102 valence electrons. The molecule has 0 aromatic heterocycles. The third kappa shape index (κ3) is 4.27. The number of carbonyl (C=O) groups excluding carboxylic acids is 1. The molecule has 0 aliphatic rings. The summed E-state index contributed by atoms with van der Waals surface area (Å²) in [5.74, 6) is 0.0464. The number of nitrogens with zero attached hydrogens (tertiary/aromatic N) is 1. The summed E-state index contributed by atoms with van der Waals surface area (Å²) in [4.78, 5) is 11.9. The van der Waals surface area contributed by atoms with Crippen LogP contribution >= 0.6 is 0 Å². The molecule has 0 radical (unpaired) electrons. The highest BCUT2D eigenvalue weighted by molar-refractivity contribution is 5.81. The van der Waals surface area contributed by atoms with E-state index in [1.165, 1.54) is 0 Å². The largest absolute Gasteiger partial charge is 0.479 e. The van der Waals surface area contributed by atoms with E-state index in [4.69, 9.17) is 15.1 Å². The number of ether oxygens (including phenoxy) is 1. The van der Waals surface area contributed by atoms with Gasteiger partial charge in [0, 0.05) is 6.54 Å². The SMILES string of the molecule is CC(C)C(Oc1ccccc1C#N)C(=O)NCCO. The van der Waals surface area contributed by atoms with E-state index in [2.05, 4.69) is 5.32 Å². The maximum Gasteiger partial charge on any atom is 0.261 e.